The Hall–Kier alpha value is -3.08. The molecule has 1 heterocycles. The van der Waals surface area contributed by atoms with E-state index in [0.29, 0.717) is 19.0 Å². The van der Waals surface area contributed by atoms with Crippen molar-refractivity contribution >= 4 is 35.8 Å². The molecule has 1 amide bonds. The van der Waals surface area contributed by atoms with Crippen LogP contribution in [0.1, 0.15) is 11.1 Å². The van der Waals surface area contributed by atoms with Crippen LogP contribution in [-0.2, 0) is 17.8 Å². The van der Waals surface area contributed by atoms with Gasteiger partial charge in [-0.15, -0.1) is 24.0 Å². The maximum absolute atomic E-state index is 12.1. The van der Waals surface area contributed by atoms with Gasteiger partial charge in [-0.25, -0.2) is 9.67 Å². The smallest absolute Gasteiger partial charge is 0.243 e. The molecule has 0 aliphatic rings. The van der Waals surface area contributed by atoms with Gasteiger partial charge in [0.1, 0.15) is 12.3 Å². The molecule has 0 saturated carbocycles. The van der Waals surface area contributed by atoms with Crippen molar-refractivity contribution in [2.45, 2.75) is 13.0 Å². The molecule has 8 nitrogen and oxygen atoms in total. The fraction of sp³-hybridized carbons (Fsp3) is 0.320. The molecule has 0 unspecified atom stereocenters. The minimum atomic E-state index is -0.0465. The Morgan fingerprint density at radius 2 is 1.76 bits per heavy atom. The maximum atomic E-state index is 12.1. The highest BCUT2D eigenvalue weighted by molar-refractivity contribution is 14.0. The van der Waals surface area contributed by atoms with Gasteiger partial charge in [0.05, 0.1) is 19.0 Å². The molecule has 34 heavy (non-hydrogen) atoms. The number of carbonyl (C=O) groups excluding carboxylic acids is 1. The van der Waals surface area contributed by atoms with E-state index in [1.165, 1.54) is 5.56 Å². The van der Waals surface area contributed by atoms with Crippen LogP contribution in [-0.4, -0.2) is 72.8 Å². The summed E-state index contributed by atoms with van der Waals surface area (Å²) >= 11 is 0. The third-order valence-electron chi connectivity index (χ3n) is 5.16. The van der Waals surface area contributed by atoms with E-state index >= 15 is 0 Å². The lowest BCUT2D eigenvalue weighted by molar-refractivity contribution is -0.127. The first kappa shape index (κ1) is 27.2. The molecule has 0 atom stereocenters. The van der Waals surface area contributed by atoms with Gasteiger partial charge in [-0.2, -0.15) is 5.10 Å². The number of ether oxygens (including phenoxy) is 1. The average Bonchev–Trinajstić information content (AvgIpc) is 3.30. The summed E-state index contributed by atoms with van der Waals surface area (Å²) in [5, 5.41) is 7.87. The number of nitrogens with one attached hydrogen (secondary N) is 1. The average molecular weight is 576 g/mol. The van der Waals surface area contributed by atoms with Gasteiger partial charge >= 0.3 is 0 Å². The van der Waals surface area contributed by atoms with Crippen molar-refractivity contribution in [2.24, 2.45) is 4.99 Å². The molecular weight excluding hydrogens is 543 g/mol. The molecule has 0 spiro atoms. The number of halogens is 1. The molecule has 0 saturated heterocycles. The van der Waals surface area contributed by atoms with Crippen LogP contribution in [0, 0.1) is 0 Å². The number of rotatable bonds is 9. The number of hydrogen-bond donors (Lipinski definition) is 1. The molecule has 182 valence electrons. The molecular formula is C25H33IN6O2. The highest BCUT2D eigenvalue weighted by Gasteiger charge is 2.11. The van der Waals surface area contributed by atoms with Crippen LogP contribution in [0.4, 0.5) is 0 Å². The Morgan fingerprint density at radius 1 is 1.06 bits per heavy atom. The minimum absolute atomic E-state index is 0. The molecule has 2 aromatic carbocycles. The number of nitrogens with zero attached hydrogens (tertiary/aromatic N) is 5. The zero-order valence-electron chi connectivity index (χ0n) is 20.1. The van der Waals surface area contributed by atoms with Crippen molar-refractivity contribution in [3.63, 3.8) is 0 Å². The quantitative estimate of drug-likeness (QED) is 0.241. The number of amides is 1. The van der Waals surface area contributed by atoms with Crippen LogP contribution in [0.2, 0.25) is 0 Å². The summed E-state index contributed by atoms with van der Waals surface area (Å²) in [5.41, 5.74) is 3.25. The molecule has 0 radical (unpaired) electrons. The third kappa shape index (κ3) is 8.05. The maximum Gasteiger partial charge on any atom is 0.243 e. The van der Waals surface area contributed by atoms with Gasteiger partial charge in [0.25, 0.3) is 0 Å². The Kier molecular flexibility index (Phi) is 10.9. The predicted molar refractivity (Wildman–Crippen MR) is 146 cm³/mol. The lowest BCUT2D eigenvalue weighted by Crippen LogP contribution is -2.40. The number of benzene rings is 2. The SMILES string of the molecule is COc1ccc(CCNC(=NCC(=O)N(C)C)N(C)Cc2cnn(-c3ccccc3)c2)cc1.I. The van der Waals surface area contributed by atoms with Crippen molar-refractivity contribution in [2.75, 3.05) is 41.3 Å². The minimum Gasteiger partial charge on any atom is -0.497 e. The molecule has 9 heteroatoms. The first-order valence-electron chi connectivity index (χ1n) is 10.9. The Balaban J connectivity index is 0.00000408. The number of aliphatic imine (C=N–C) groups is 1. The van der Waals surface area contributed by atoms with E-state index < -0.39 is 0 Å². The van der Waals surface area contributed by atoms with Gasteiger partial charge in [0, 0.05) is 46.0 Å². The number of guanidine groups is 1. The largest absolute Gasteiger partial charge is 0.497 e. The van der Waals surface area contributed by atoms with Crippen LogP contribution >= 0.6 is 24.0 Å². The second-order valence-electron chi connectivity index (χ2n) is 7.94. The lowest BCUT2D eigenvalue weighted by atomic mass is 10.1. The number of para-hydroxylation sites is 1. The molecule has 3 rings (SSSR count). The van der Waals surface area contributed by atoms with Gasteiger partial charge < -0.3 is 19.9 Å². The molecule has 3 aromatic rings. The van der Waals surface area contributed by atoms with E-state index in [1.807, 2.05) is 71.5 Å². The van der Waals surface area contributed by atoms with Gasteiger partial charge in [0.2, 0.25) is 5.91 Å². The summed E-state index contributed by atoms with van der Waals surface area (Å²) in [7, 11) is 7.08. The first-order valence-corrected chi connectivity index (χ1v) is 10.9. The van der Waals surface area contributed by atoms with Gasteiger partial charge in [-0.3, -0.25) is 4.79 Å². The highest BCUT2D eigenvalue weighted by atomic mass is 127. The van der Waals surface area contributed by atoms with Crippen LogP contribution in [0.3, 0.4) is 0 Å². The number of carbonyl (C=O) groups is 1. The molecule has 0 fully saturated rings. The number of hydrogen-bond acceptors (Lipinski definition) is 4. The van der Waals surface area contributed by atoms with Gasteiger partial charge in [-0.05, 0) is 36.2 Å². The Bertz CT molecular complexity index is 1050. The van der Waals surface area contributed by atoms with Gasteiger partial charge in [0.15, 0.2) is 5.96 Å². The van der Waals surface area contributed by atoms with E-state index in [-0.39, 0.29) is 36.4 Å². The van der Waals surface area contributed by atoms with Crippen molar-refractivity contribution in [3.05, 3.63) is 78.1 Å². The van der Waals surface area contributed by atoms with Crippen molar-refractivity contribution in [1.29, 1.82) is 0 Å². The van der Waals surface area contributed by atoms with E-state index in [2.05, 4.69) is 27.5 Å². The number of aromatic nitrogens is 2. The molecule has 0 aliphatic carbocycles. The predicted octanol–water partition coefficient (Wildman–Crippen LogP) is 3.21. The van der Waals surface area contributed by atoms with E-state index in [9.17, 15) is 4.79 Å². The standard InChI is InChI=1S/C25H32N6O2.HI/c1-29(2)24(32)17-27-25(26-15-14-20-10-12-23(33-4)13-11-20)30(3)18-21-16-28-31(19-21)22-8-6-5-7-9-22;/h5-13,16,19H,14-15,17-18H2,1-4H3,(H,26,27);1H. The van der Waals surface area contributed by atoms with E-state index in [1.54, 1.807) is 26.1 Å². The number of methoxy groups -OCH3 is 1. The van der Waals surface area contributed by atoms with Crippen molar-refractivity contribution < 1.29 is 9.53 Å². The van der Waals surface area contributed by atoms with Crippen LogP contribution in [0.15, 0.2) is 72.0 Å². The summed E-state index contributed by atoms with van der Waals surface area (Å²) in [6, 6.07) is 18.0. The van der Waals surface area contributed by atoms with Crippen LogP contribution in [0.25, 0.3) is 5.69 Å². The molecule has 1 aromatic heterocycles. The molecule has 1 N–H and O–H groups in total. The van der Waals surface area contributed by atoms with Crippen molar-refractivity contribution in [1.82, 2.24) is 24.9 Å². The summed E-state index contributed by atoms with van der Waals surface area (Å²) in [4.78, 5) is 20.2. The zero-order chi connectivity index (χ0) is 23.6. The number of likely N-dealkylation sites (N-methyl/N-ethyl adjacent to an activating group) is 1. The lowest BCUT2D eigenvalue weighted by Gasteiger charge is -2.22. The molecule has 0 bridgehead atoms. The summed E-state index contributed by atoms with van der Waals surface area (Å²) < 4.78 is 7.07. The van der Waals surface area contributed by atoms with E-state index in [0.717, 1.165) is 23.4 Å². The summed E-state index contributed by atoms with van der Waals surface area (Å²) in [5.74, 6) is 1.47. The fourth-order valence-corrected chi connectivity index (χ4v) is 3.22. The Morgan fingerprint density at radius 3 is 2.41 bits per heavy atom. The first-order chi connectivity index (χ1) is 16.0. The second-order valence-corrected chi connectivity index (χ2v) is 7.94. The second kappa shape index (κ2) is 13.6. The normalized spacial score (nSPS) is 10.9. The van der Waals surface area contributed by atoms with Crippen LogP contribution < -0.4 is 10.1 Å². The van der Waals surface area contributed by atoms with Crippen molar-refractivity contribution in [3.8, 4) is 11.4 Å². The zero-order valence-corrected chi connectivity index (χ0v) is 22.5. The van der Waals surface area contributed by atoms with E-state index in [4.69, 9.17) is 4.74 Å². The fourth-order valence-electron chi connectivity index (χ4n) is 3.22. The summed E-state index contributed by atoms with van der Waals surface area (Å²) in [6.45, 7) is 1.39. The van der Waals surface area contributed by atoms with Gasteiger partial charge in [-0.1, -0.05) is 30.3 Å². The third-order valence-corrected chi connectivity index (χ3v) is 5.16. The Labute approximate surface area is 218 Å². The summed E-state index contributed by atoms with van der Waals surface area (Å²) in [6.07, 6.45) is 4.68. The highest BCUT2D eigenvalue weighted by Crippen LogP contribution is 2.12. The monoisotopic (exact) mass is 576 g/mol. The molecule has 0 aliphatic heterocycles. The topological polar surface area (TPSA) is 75.0 Å². The van der Waals surface area contributed by atoms with Crippen LogP contribution in [0.5, 0.6) is 5.75 Å².